The fourth-order valence-corrected chi connectivity index (χ4v) is 1.78. The van der Waals surface area contributed by atoms with Crippen molar-refractivity contribution in [2.24, 2.45) is 0 Å². The smallest absolute Gasteiger partial charge is 0.320 e. The number of aliphatic carboxylic acids is 1. The first-order chi connectivity index (χ1) is 6.58. The average Bonchev–Trinajstić information content (AvgIpc) is 2.16. The lowest BCUT2D eigenvalue weighted by molar-refractivity contribution is -0.144. The van der Waals surface area contributed by atoms with Crippen LogP contribution in [-0.2, 0) is 4.79 Å². The van der Waals surface area contributed by atoms with Gasteiger partial charge in [-0.25, -0.2) is 0 Å². The summed E-state index contributed by atoms with van der Waals surface area (Å²) in [4.78, 5) is 13.1. The third-order valence-corrected chi connectivity index (χ3v) is 2.77. The van der Waals surface area contributed by atoms with Gasteiger partial charge in [-0.05, 0) is 26.3 Å². The number of nitrogens with zero attached hydrogens (tertiary/aromatic N) is 1. The highest BCUT2D eigenvalue weighted by Crippen LogP contribution is 2.13. The van der Waals surface area contributed by atoms with E-state index in [-0.39, 0.29) is 6.04 Å². The summed E-state index contributed by atoms with van der Waals surface area (Å²) >= 11 is 0. The highest BCUT2D eigenvalue weighted by Gasteiger charge is 2.26. The van der Waals surface area contributed by atoms with E-state index in [9.17, 15) is 4.79 Å². The van der Waals surface area contributed by atoms with E-state index in [1.165, 1.54) is 0 Å². The van der Waals surface area contributed by atoms with Crippen LogP contribution in [0.25, 0.3) is 0 Å². The lowest BCUT2D eigenvalue weighted by Crippen LogP contribution is -2.45. The van der Waals surface area contributed by atoms with Crippen molar-refractivity contribution < 1.29 is 9.90 Å². The van der Waals surface area contributed by atoms with Gasteiger partial charge in [-0.15, -0.1) is 0 Å². The predicted octanol–water partition coefficient (Wildman–Crippen LogP) is 2.36. The Labute approximate surface area is 87.1 Å². The Morgan fingerprint density at radius 2 is 1.93 bits per heavy atom. The molecule has 3 nitrogen and oxygen atoms in total. The first-order valence-corrected chi connectivity index (χ1v) is 5.56. The molecule has 0 amide bonds. The zero-order valence-electron chi connectivity index (χ0n) is 9.79. The average molecular weight is 201 g/mol. The molecule has 0 spiro atoms. The van der Waals surface area contributed by atoms with E-state index in [0.29, 0.717) is 6.04 Å². The van der Waals surface area contributed by atoms with E-state index in [1.807, 2.05) is 13.8 Å². The summed E-state index contributed by atoms with van der Waals surface area (Å²) in [5.74, 6) is -0.686. The monoisotopic (exact) mass is 201 g/mol. The van der Waals surface area contributed by atoms with E-state index < -0.39 is 5.97 Å². The van der Waals surface area contributed by atoms with Crippen molar-refractivity contribution in [2.75, 3.05) is 6.54 Å². The number of likely N-dealkylation sites (N-methyl/N-ethyl adjacent to an activating group) is 1. The van der Waals surface area contributed by atoms with Gasteiger partial charge in [-0.2, -0.15) is 0 Å². The second kappa shape index (κ2) is 6.82. The summed E-state index contributed by atoms with van der Waals surface area (Å²) in [5.41, 5.74) is 0. The Bertz CT molecular complexity index is 171. The molecule has 0 aliphatic heterocycles. The number of carboxylic acid groups (broad SMARTS) is 1. The molecule has 1 N–H and O–H groups in total. The molecule has 0 bridgehead atoms. The number of hydrogen-bond donors (Lipinski definition) is 1. The molecule has 14 heavy (non-hydrogen) atoms. The molecule has 0 rings (SSSR count). The maximum atomic E-state index is 11.1. The molecule has 0 saturated heterocycles. The summed E-state index contributed by atoms with van der Waals surface area (Å²) in [6, 6.07) is 0.0487. The number of hydrogen-bond acceptors (Lipinski definition) is 2. The quantitative estimate of drug-likeness (QED) is 0.687. The minimum atomic E-state index is -0.686. The van der Waals surface area contributed by atoms with Crippen LogP contribution in [0.2, 0.25) is 0 Å². The fourth-order valence-electron chi connectivity index (χ4n) is 1.78. The van der Waals surface area contributed by atoms with E-state index in [2.05, 4.69) is 18.7 Å². The van der Waals surface area contributed by atoms with Crippen LogP contribution in [-0.4, -0.2) is 34.6 Å². The Kier molecular flexibility index (Phi) is 6.54. The lowest BCUT2D eigenvalue weighted by Gasteiger charge is -2.32. The van der Waals surface area contributed by atoms with Crippen molar-refractivity contribution in [2.45, 2.75) is 59.0 Å². The summed E-state index contributed by atoms with van der Waals surface area (Å²) < 4.78 is 0. The van der Waals surface area contributed by atoms with Crippen LogP contribution >= 0.6 is 0 Å². The topological polar surface area (TPSA) is 40.5 Å². The molecule has 0 heterocycles. The normalized spacial score (nSPS) is 15.5. The molecule has 0 fully saturated rings. The van der Waals surface area contributed by atoms with Gasteiger partial charge in [0.15, 0.2) is 0 Å². The molecule has 2 atom stereocenters. The summed E-state index contributed by atoms with van der Waals surface area (Å²) in [6.45, 7) is 9.05. The van der Waals surface area contributed by atoms with Crippen LogP contribution < -0.4 is 0 Å². The fraction of sp³-hybridized carbons (Fsp3) is 0.909. The van der Waals surface area contributed by atoms with Crippen LogP contribution in [0.3, 0.4) is 0 Å². The Hall–Kier alpha value is -0.570. The SMILES string of the molecule is CCCC(C(=O)O)N(CC)C(C)CC. The zero-order valence-corrected chi connectivity index (χ0v) is 9.79. The van der Waals surface area contributed by atoms with Gasteiger partial charge in [0, 0.05) is 6.04 Å². The predicted molar refractivity (Wildman–Crippen MR) is 58.5 cm³/mol. The van der Waals surface area contributed by atoms with Gasteiger partial charge in [0.2, 0.25) is 0 Å². The van der Waals surface area contributed by atoms with Crippen LogP contribution in [0.5, 0.6) is 0 Å². The van der Waals surface area contributed by atoms with Gasteiger partial charge in [-0.3, -0.25) is 9.69 Å². The van der Waals surface area contributed by atoms with Crippen molar-refractivity contribution in [1.82, 2.24) is 4.90 Å². The Balaban J connectivity index is 4.48. The highest BCUT2D eigenvalue weighted by molar-refractivity contribution is 5.73. The first kappa shape index (κ1) is 13.4. The third-order valence-electron chi connectivity index (χ3n) is 2.77. The van der Waals surface area contributed by atoms with Crippen molar-refractivity contribution in [3.05, 3.63) is 0 Å². The Morgan fingerprint density at radius 1 is 1.36 bits per heavy atom. The molecule has 0 radical (unpaired) electrons. The molecule has 0 aromatic heterocycles. The lowest BCUT2D eigenvalue weighted by atomic mass is 10.1. The molecule has 0 aliphatic carbocycles. The van der Waals surface area contributed by atoms with Gasteiger partial charge in [-0.1, -0.05) is 27.2 Å². The van der Waals surface area contributed by atoms with Gasteiger partial charge in [0.05, 0.1) is 0 Å². The summed E-state index contributed by atoms with van der Waals surface area (Å²) in [6.07, 6.45) is 2.67. The van der Waals surface area contributed by atoms with E-state index in [1.54, 1.807) is 0 Å². The molecular weight excluding hydrogens is 178 g/mol. The van der Waals surface area contributed by atoms with E-state index >= 15 is 0 Å². The van der Waals surface area contributed by atoms with Crippen molar-refractivity contribution in [1.29, 1.82) is 0 Å². The maximum absolute atomic E-state index is 11.1. The van der Waals surface area contributed by atoms with E-state index in [4.69, 9.17) is 5.11 Å². The summed E-state index contributed by atoms with van der Waals surface area (Å²) in [7, 11) is 0. The summed E-state index contributed by atoms with van der Waals surface area (Å²) in [5, 5.41) is 9.11. The molecule has 0 saturated carbocycles. The van der Waals surface area contributed by atoms with E-state index in [0.717, 1.165) is 25.8 Å². The second-order valence-corrected chi connectivity index (χ2v) is 3.73. The van der Waals surface area contributed by atoms with Crippen LogP contribution in [0.15, 0.2) is 0 Å². The van der Waals surface area contributed by atoms with Gasteiger partial charge < -0.3 is 5.11 Å². The molecule has 3 heteroatoms. The number of carbonyl (C=O) groups is 1. The maximum Gasteiger partial charge on any atom is 0.320 e. The zero-order chi connectivity index (χ0) is 11.1. The standard InChI is InChI=1S/C11H23NO2/c1-5-8-10(11(13)14)12(7-3)9(4)6-2/h9-10H,5-8H2,1-4H3,(H,13,14). The Morgan fingerprint density at radius 3 is 2.21 bits per heavy atom. The molecule has 2 unspecified atom stereocenters. The largest absolute Gasteiger partial charge is 0.480 e. The molecule has 0 aliphatic rings. The molecule has 84 valence electrons. The first-order valence-electron chi connectivity index (χ1n) is 5.56. The second-order valence-electron chi connectivity index (χ2n) is 3.73. The van der Waals surface area contributed by atoms with Crippen LogP contribution in [0, 0.1) is 0 Å². The molecule has 0 aromatic rings. The number of carboxylic acids is 1. The van der Waals surface area contributed by atoms with Crippen molar-refractivity contribution >= 4 is 5.97 Å². The highest BCUT2D eigenvalue weighted by atomic mass is 16.4. The van der Waals surface area contributed by atoms with Gasteiger partial charge >= 0.3 is 5.97 Å². The molecular formula is C11H23NO2. The number of rotatable bonds is 7. The van der Waals surface area contributed by atoms with Gasteiger partial charge in [0.25, 0.3) is 0 Å². The van der Waals surface area contributed by atoms with Crippen molar-refractivity contribution in [3.8, 4) is 0 Å². The van der Waals surface area contributed by atoms with Gasteiger partial charge in [0.1, 0.15) is 6.04 Å². The minimum absolute atomic E-state index is 0.306. The van der Waals surface area contributed by atoms with Crippen LogP contribution in [0.4, 0.5) is 0 Å². The van der Waals surface area contributed by atoms with Crippen molar-refractivity contribution in [3.63, 3.8) is 0 Å². The minimum Gasteiger partial charge on any atom is -0.480 e. The molecule has 0 aromatic carbocycles. The van der Waals surface area contributed by atoms with Crippen LogP contribution in [0.1, 0.15) is 47.0 Å². The third kappa shape index (κ3) is 3.66.